The third kappa shape index (κ3) is 3.66. The van der Waals surface area contributed by atoms with Crippen LogP contribution in [-0.4, -0.2) is 58.2 Å². The van der Waals surface area contributed by atoms with Crippen LogP contribution in [0.5, 0.6) is 0 Å². The first-order chi connectivity index (χ1) is 9.72. The molecule has 20 heavy (non-hydrogen) atoms. The predicted octanol–water partition coefficient (Wildman–Crippen LogP) is 1.24. The third-order valence-corrected chi connectivity index (χ3v) is 3.71. The van der Waals surface area contributed by atoms with Crippen molar-refractivity contribution in [1.82, 2.24) is 14.9 Å². The Hall–Kier alpha value is -1.69. The normalized spacial score (nSPS) is 17.9. The lowest BCUT2D eigenvalue weighted by atomic mass is 10.1. The fourth-order valence-corrected chi connectivity index (χ4v) is 2.55. The molecule has 2 rings (SSSR count). The maximum absolute atomic E-state index is 11.4. The summed E-state index contributed by atoms with van der Waals surface area (Å²) < 4.78 is 0. The molecule has 0 aromatic carbocycles. The number of piperazine rings is 1. The van der Waals surface area contributed by atoms with Gasteiger partial charge in [-0.15, -0.1) is 0 Å². The number of carboxylic acid groups (broad SMARTS) is 1. The molecule has 2 heterocycles. The van der Waals surface area contributed by atoms with E-state index in [4.69, 9.17) is 0 Å². The van der Waals surface area contributed by atoms with Crippen LogP contribution in [0, 0.1) is 0 Å². The van der Waals surface area contributed by atoms with Gasteiger partial charge in [-0.3, -0.25) is 9.69 Å². The number of carbonyl (C=O) groups is 1. The number of rotatable bonds is 6. The van der Waals surface area contributed by atoms with Gasteiger partial charge in [0, 0.05) is 38.6 Å². The molecular weight excluding hydrogens is 256 g/mol. The molecule has 1 aliphatic heterocycles. The molecule has 1 aromatic heterocycles. The molecule has 0 saturated carbocycles. The summed E-state index contributed by atoms with van der Waals surface area (Å²) in [5.41, 5.74) is 0. The van der Waals surface area contributed by atoms with Crippen molar-refractivity contribution in [2.24, 2.45) is 0 Å². The van der Waals surface area contributed by atoms with Crippen molar-refractivity contribution in [3.8, 4) is 0 Å². The first-order valence-electron chi connectivity index (χ1n) is 7.21. The Morgan fingerprint density at radius 3 is 2.50 bits per heavy atom. The van der Waals surface area contributed by atoms with Crippen LogP contribution in [0.15, 0.2) is 18.5 Å². The molecule has 0 amide bonds. The number of hydrogen-bond acceptors (Lipinski definition) is 5. The van der Waals surface area contributed by atoms with Gasteiger partial charge in [-0.1, -0.05) is 19.8 Å². The molecule has 0 aliphatic carbocycles. The zero-order chi connectivity index (χ0) is 14.4. The number of aromatic nitrogens is 2. The maximum atomic E-state index is 11.4. The van der Waals surface area contributed by atoms with E-state index < -0.39 is 5.97 Å². The van der Waals surface area contributed by atoms with E-state index in [1.54, 1.807) is 18.5 Å². The molecule has 1 fully saturated rings. The van der Waals surface area contributed by atoms with Gasteiger partial charge in [0.1, 0.15) is 6.04 Å². The van der Waals surface area contributed by atoms with E-state index in [9.17, 15) is 9.90 Å². The smallest absolute Gasteiger partial charge is 0.320 e. The van der Waals surface area contributed by atoms with E-state index in [1.165, 1.54) is 0 Å². The Morgan fingerprint density at radius 1 is 1.30 bits per heavy atom. The van der Waals surface area contributed by atoms with Crippen LogP contribution in [0.2, 0.25) is 0 Å². The lowest BCUT2D eigenvalue weighted by molar-refractivity contribution is -0.143. The van der Waals surface area contributed by atoms with Crippen LogP contribution >= 0.6 is 0 Å². The van der Waals surface area contributed by atoms with Crippen molar-refractivity contribution in [1.29, 1.82) is 0 Å². The third-order valence-electron chi connectivity index (χ3n) is 3.71. The minimum Gasteiger partial charge on any atom is -0.480 e. The standard InChI is InChI=1S/C14H22N4O2/c1-2-3-5-12(13(19)20)17-8-10-18(11-9-17)14-15-6-4-7-16-14/h4,6-7,12H,2-3,5,8-11H2,1H3,(H,19,20). The number of nitrogens with zero attached hydrogens (tertiary/aromatic N) is 4. The molecule has 1 saturated heterocycles. The zero-order valence-corrected chi connectivity index (χ0v) is 11.9. The van der Waals surface area contributed by atoms with Crippen LogP contribution in [0.3, 0.4) is 0 Å². The molecule has 0 bridgehead atoms. The Kier molecular flexibility index (Phi) is 5.29. The largest absolute Gasteiger partial charge is 0.480 e. The Bertz CT molecular complexity index is 418. The minimum atomic E-state index is -0.706. The average Bonchev–Trinajstić information content (AvgIpc) is 2.49. The highest BCUT2D eigenvalue weighted by molar-refractivity contribution is 5.73. The van der Waals surface area contributed by atoms with Gasteiger partial charge >= 0.3 is 5.97 Å². The van der Waals surface area contributed by atoms with Crippen molar-refractivity contribution < 1.29 is 9.90 Å². The number of carboxylic acids is 1. The highest BCUT2D eigenvalue weighted by atomic mass is 16.4. The first-order valence-corrected chi connectivity index (χ1v) is 7.21. The molecule has 6 nitrogen and oxygen atoms in total. The molecule has 1 aromatic rings. The van der Waals surface area contributed by atoms with Gasteiger partial charge in [-0.25, -0.2) is 9.97 Å². The van der Waals surface area contributed by atoms with Gasteiger partial charge in [-0.2, -0.15) is 0 Å². The molecule has 1 N–H and O–H groups in total. The number of hydrogen-bond donors (Lipinski definition) is 1. The Morgan fingerprint density at radius 2 is 1.95 bits per heavy atom. The SMILES string of the molecule is CCCCC(C(=O)O)N1CCN(c2ncccn2)CC1. The van der Waals surface area contributed by atoms with Gasteiger partial charge in [0.25, 0.3) is 0 Å². The average molecular weight is 278 g/mol. The Balaban J connectivity index is 1.91. The summed E-state index contributed by atoms with van der Waals surface area (Å²) in [5.74, 6) is 0.0236. The van der Waals surface area contributed by atoms with Crippen LogP contribution in [0.25, 0.3) is 0 Å². The molecular formula is C14H22N4O2. The van der Waals surface area contributed by atoms with Crippen LogP contribution < -0.4 is 4.90 Å². The van der Waals surface area contributed by atoms with Crippen molar-refractivity contribution in [3.05, 3.63) is 18.5 Å². The highest BCUT2D eigenvalue weighted by Crippen LogP contribution is 2.15. The highest BCUT2D eigenvalue weighted by Gasteiger charge is 2.28. The van der Waals surface area contributed by atoms with Crippen molar-refractivity contribution in [2.45, 2.75) is 32.2 Å². The summed E-state index contributed by atoms with van der Waals surface area (Å²) in [6.45, 7) is 5.14. The second-order valence-corrected chi connectivity index (χ2v) is 5.07. The summed E-state index contributed by atoms with van der Waals surface area (Å²) in [6, 6.07) is 1.44. The zero-order valence-electron chi connectivity index (χ0n) is 11.9. The van der Waals surface area contributed by atoms with Gasteiger partial charge in [0.05, 0.1) is 0 Å². The molecule has 1 unspecified atom stereocenters. The molecule has 1 aliphatic rings. The summed E-state index contributed by atoms with van der Waals surface area (Å²) in [6.07, 6.45) is 6.18. The second kappa shape index (κ2) is 7.19. The lowest BCUT2D eigenvalue weighted by Crippen LogP contribution is -2.53. The lowest BCUT2D eigenvalue weighted by Gasteiger charge is -2.37. The predicted molar refractivity (Wildman–Crippen MR) is 76.8 cm³/mol. The number of anilines is 1. The number of unbranched alkanes of at least 4 members (excludes halogenated alkanes) is 1. The maximum Gasteiger partial charge on any atom is 0.320 e. The van der Waals surface area contributed by atoms with E-state index in [1.807, 2.05) is 0 Å². The molecule has 1 atom stereocenters. The first kappa shape index (κ1) is 14.7. The van der Waals surface area contributed by atoms with Gasteiger partial charge in [0.15, 0.2) is 0 Å². The molecule has 0 radical (unpaired) electrons. The van der Waals surface area contributed by atoms with Gasteiger partial charge < -0.3 is 10.0 Å². The molecule has 110 valence electrons. The molecule has 0 spiro atoms. The van der Waals surface area contributed by atoms with Gasteiger partial charge in [0.2, 0.25) is 5.95 Å². The van der Waals surface area contributed by atoms with Crippen LogP contribution in [0.4, 0.5) is 5.95 Å². The van der Waals surface area contributed by atoms with Crippen LogP contribution in [-0.2, 0) is 4.79 Å². The summed E-state index contributed by atoms with van der Waals surface area (Å²) in [7, 11) is 0. The van der Waals surface area contributed by atoms with E-state index in [0.717, 1.165) is 51.4 Å². The van der Waals surface area contributed by atoms with Crippen LogP contribution in [0.1, 0.15) is 26.2 Å². The van der Waals surface area contributed by atoms with E-state index in [0.29, 0.717) is 0 Å². The van der Waals surface area contributed by atoms with Gasteiger partial charge in [-0.05, 0) is 12.5 Å². The van der Waals surface area contributed by atoms with Crippen molar-refractivity contribution in [3.63, 3.8) is 0 Å². The summed E-state index contributed by atoms with van der Waals surface area (Å²) in [4.78, 5) is 24.0. The van der Waals surface area contributed by atoms with Crippen molar-refractivity contribution in [2.75, 3.05) is 31.1 Å². The monoisotopic (exact) mass is 278 g/mol. The molecule has 6 heteroatoms. The Labute approximate surface area is 119 Å². The van der Waals surface area contributed by atoms with E-state index in [2.05, 4.69) is 26.7 Å². The van der Waals surface area contributed by atoms with E-state index in [-0.39, 0.29) is 6.04 Å². The minimum absolute atomic E-state index is 0.353. The number of aliphatic carboxylic acids is 1. The summed E-state index contributed by atoms with van der Waals surface area (Å²) in [5, 5.41) is 9.36. The second-order valence-electron chi connectivity index (χ2n) is 5.07. The van der Waals surface area contributed by atoms with Crippen molar-refractivity contribution >= 4 is 11.9 Å². The topological polar surface area (TPSA) is 69.6 Å². The van der Waals surface area contributed by atoms with E-state index >= 15 is 0 Å². The fourth-order valence-electron chi connectivity index (χ4n) is 2.55. The quantitative estimate of drug-likeness (QED) is 0.844. The summed E-state index contributed by atoms with van der Waals surface area (Å²) >= 11 is 0. The fraction of sp³-hybridized carbons (Fsp3) is 0.643.